The molecule has 24 heavy (non-hydrogen) atoms. The topological polar surface area (TPSA) is 56.0 Å². The number of carbonyl (C=O) groups is 1. The van der Waals surface area contributed by atoms with Gasteiger partial charge in [0.25, 0.3) is 0 Å². The van der Waals surface area contributed by atoms with E-state index in [1.807, 2.05) is 43.3 Å². The molecule has 0 aliphatic carbocycles. The fraction of sp³-hybridized carbons (Fsp3) is 0.222. The van der Waals surface area contributed by atoms with E-state index in [2.05, 4.69) is 20.8 Å². The van der Waals surface area contributed by atoms with Crippen molar-refractivity contribution in [1.29, 1.82) is 0 Å². The lowest BCUT2D eigenvalue weighted by Gasteiger charge is -2.10. The number of hydrogen-bond donors (Lipinski definition) is 1. The predicted molar refractivity (Wildman–Crippen MR) is 99.1 cm³/mol. The number of amides is 1. The highest BCUT2D eigenvalue weighted by Gasteiger charge is 2.11. The van der Waals surface area contributed by atoms with Crippen molar-refractivity contribution < 1.29 is 4.79 Å². The van der Waals surface area contributed by atoms with Crippen molar-refractivity contribution in [3.8, 4) is 0 Å². The van der Waals surface area contributed by atoms with Crippen LogP contribution in [0.4, 0.5) is 0 Å². The third-order valence-corrected chi connectivity index (χ3v) is 4.64. The lowest BCUT2D eigenvalue weighted by molar-refractivity contribution is -0.119. The average molecular weight is 341 g/mol. The van der Waals surface area contributed by atoms with Crippen LogP contribution >= 0.6 is 9.39 Å². The first kappa shape index (κ1) is 16.5. The molecule has 0 aliphatic heterocycles. The second-order valence-electron chi connectivity index (χ2n) is 5.90. The van der Waals surface area contributed by atoms with Crippen molar-refractivity contribution in [2.24, 2.45) is 0 Å². The van der Waals surface area contributed by atoms with Gasteiger partial charge in [-0.3, -0.25) is 13.7 Å². The quantitative estimate of drug-likeness (QED) is 0.741. The van der Waals surface area contributed by atoms with Crippen LogP contribution in [0.1, 0.15) is 23.6 Å². The Morgan fingerprint density at radius 3 is 2.54 bits per heavy atom. The monoisotopic (exact) mass is 341 g/mol. The molecule has 5 nitrogen and oxygen atoms in total. The fourth-order valence-corrected chi connectivity index (χ4v) is 3.20. The van der Waals surface area contributed by atoms with Crippen LogP contribution in [0, 0.1) is 6.92 Å². The second kappa shape index (κ2) is 6.62. The Hall–Kier alpha value is -2.39. The van der Waals surface area contributed by atoms with E-state index in [1.54, 1.807) is 8.90 Å². The number of nitrogens with zero attached hydrogens (tertiary/aromatic N) is 2. The zero-order valence-corrected chi connectivity index (χ0v) is 14.9. The molecule has 1 N–H and O–H groups in total. The Balaban J connectivity index is 1.92. The van der Waals surface area contributed by atoms with Gasteiger partial charge < -0.3 is 5.32 Å². The number of rotatable bonds is 4. The summed E-state index contributed by atoms with van der Waals surface area (Å²) in [5.74, 6) is -0.0433. The van der Waals surface area contributed by atoms with E-state index in [1.165, 1.54) is 6.92 Å². The number of fused-ring (bicyclic) bond motifs is 1. The molecule has 0 radical (unpaired) electrons. The summed E-state index contributed by atoms with van der Waals surface area (Å²) in [5.41, 5.74) is 4.99. The maximum Gasteiger partial charge on any atom is 0.332 e. The number of aryl methyl sites for hydroxylation is 1. The maximum absolute atomic E-state index is 12.5. The number of imidazole rings is 1. The molecule has 0 saturated heterocycles. The molecule has 1 atom stereocenters. The first-order chi connectivity index (χ1) is 11.5. The molecule has 0 aliphatic rings. The molecule has 0 spiro atoms. The van der Waals surface area contributed by atoms with Gasteiger partial charge in [0, 0.05) is 13.5 Å². The van der Waals surface area contributed by atoms with E-state index in [9.17, 15) is 9.59 Å². The van der Waals surface area contributed by atoms with E-state index >= 15 is 0 Å². The fourth-order valence-electron chi connectivity index (χ4n) is 2.84. The molecular weight excluding hydrogens is 321 g/mol. The number of para-hydroxylation sites is 2. The molecular formula is C18H20N3O2P. The summed E-state index contributed by atoms with van der Waals surface area (Å²) in [7, 11) is 2.47. The van der Waals surface area contributed by atoms with Crippen molar-refractivity contribution in [1.82, 2.24) is 14.2 Å². The SMILES string of the molecule is CC(=O)NCc1ccc(Cn2c(=O)n(P)c3ccccc32)cc1C. The smallest absolute Gasteiger partial charge is 0.332 e. The zero-order valence-electron chi connectivity index (χ0n) is 13.7. The highest BCUT2D eigenvalue weighted by molar-refractivity contribution is 7.14. The Morgan fingerprint density at radius 2 is 1.88 bits per heavy atom. The van der Waals surface area contributed by atoms with Gasteiger partial charge in [-0.2, -0.15) is 0 Å². The van der Waals surface area contributed by atoms with Gasteiger partial charge in [-0.15, -0.1) is 0 Å². The summed E-state index contributed by atoms with van der Waals surface area (Å²) in [6.45, 7) is 4.56. The van der Waals surface area contributed by atoms with Gasteiger partial charge >= 0.3 is 5.69 Å². The molecule has 0 bridgehead atoms. The van der Waals surface area contributed by atoms with E-state index in [0.29, 0.717) is 13.1 Å². The Labute approximate surface area is 142 Å². The lowest BCUT2D eigenvalue weighted by atomic mass is 10.0. The highest BCUT2D eigenvalue weighted by atomic mass is 31.0. The van der Waals surface area contributed by atoms with E-state index in [-0.39, 0.29) is 11.6 Å². The van der Waals surface area contributed by atoms with E-state index in [0.717, 1.165) is 27.7 Å². The summed E-state index contributed by atoms with van der Waals surface area (Å²) in [4.78, 5) is 23.5. The molecule has 3 aromatic rings. The van der Waals surface area contributed by atoms with Crippen molar-refractivity contribution in [3.63, 3.8) is 0 Å². The molecule has 124 valence electrons. The molecule has 1 aromatic heterocycles. The van der Waals surface area contributed by atoms with Gasteiger partial charge in [-0.1, -0.05) is 30.3 Å². The number of benzene rings is 2. The molecule has 6 heteroatoms. The van der Waals surface area contributed by atoms with Gasteiger partial charge in [0.1, 0.15) is 0 Å². The standard InChI is InChI=1S/C18H20N3O2P/c1-12-9-14(7-8-15(12)10-19-13(2)22)11-20-16-5-3-4-6-17(16)21(24)18(20)23/h3-9H,10-11,24H2,1-2H3,(H,19,22). The molecule has 3 rings (SSSR count). The summed E-state index contributed by atoms with van der Waals surface area (Å²) in [5, 5.41) is 2.81. The molecule has 0 fully saturated rings. The van der Waals surface area contributed by atoms with Crippen molar-refractivity contribution in [2.45, 2.75) is 26.9 Å². The average Bonchev–Trinajstić information content (AvgIpc) is 2.79. The maximum atomic E-state index is 12.5. The van der Waals surface area contributed by atoms with Crippen molar-refractivity contribution >= 4 is 26.3 Å². The molecule has 1 unspecified atom stereocenters. The summed E-state index contributed by atoms with van der Waals surface area (Å²) in [6.07, 6.45) is 0. The van der Waals surface area contributed by atoms with Crippen LogP contribution in [-0.2, 0) is 17.9 Å². The number of nitrogens with one attached hydrogen (secondary N) is 1. The normalized spacial score (nSPS) is 11.0. The van der Waals surface area contributed by atoms with Gasteiger partial charge in [-0.25, -0.2) is 4.79 Å². The molecule has 1 amide bonds. The first-order valence-corrected chi connectivity index (χ1v) is 8.27. The number of aromatic nitrogens is 2. The van der Waals surface area contributed by atoms with Gasteiger partial charge in [0.05, 0.1) is 17.6 Å². The lowest BCUT2D eigenvalue weighted by Crippen LogP contribution is -2.21. The summed E-state index contributed by atoms with van der Waals surface area (Å²) >= 11 is 0. The van der Waals surface area contributed by atoms with Crippen LogP contribution in [0.2, 0.25) is 0 Å². The van der Waals surface area contributed by atoms with Gasteiger partial charge in [0.15, 0.2) is 0 Å². The van der Waals surface area contributed by atoms with E-state index in [4.69, 9.17) is 0 Å². The number of carbonyl (C=O) groups excluding carboxylic acids is 1. The van der Waals surface area contributed by atoms with Gasteiger partial charge in [-0.05, 0) is 45.1 Å². The molecule has 0 saturated carbocycles. The van der Waals surface area contributed by atoms with E-state index < -0.39 is 0 Å². The Morgan fingerprint density at radius 1 is 1.17 bits per heavy atom. The largest absolute Gasteiger partial charge is 0.352 e. The van der Waals surface area contributed by atoms with Crippen LogP contribution in [0.25, 0.3) is 11.0 Å². The van der Waals surface area contributed by atoms with Crippen LogP contribution in [0.3, 0.4) is 0 Å². The number of hydrogen-bond acceptors (Lipinski definition) is 2. The third kappa shape index (κ3) is 3.13. The zero-order chi connectivity index (χ0) is 17.3. The minimum atomic E-state index is -0.0545. The summed E-state index contributed by atoms with van der Waals surface area (Å²) in [6, 6.07) is 13.8. The van der Waals surface area contributed by atoms with Gasteiger partial charge in [0.2, 0.25) is 5.91 Å². The van der Waals surface area contributed by atoms with Crippen molar-refractivity contribution in [2.75, 3.05) is 0 Å². The van der Waals surface area contributed by atoms with Crippen LogP contribution < -0.4 is 11.0 Å². The predicted octanol–water partition coefficient (Wildman–Crippen LogP) is 2.43. The van der Waals surface area contributed by atoms with Crippen LogP contribution in [0.5, 0.6) is 0 Å². The third-order valence-electron chi connectivity index (χ3n) is 4.14. The minimum Gasteiger partial charge on any atom is -0.352 e. The molecule has 1 heterocycles. The second-order valence-corrected chi connectivity index (χ2v) is 6.41. The minimum absolute atomic E-state index is 0.0433. The first-order valence-electron chi connectivity index (χ1n) is 7.75. The highest BCUT2D eigenvalue weighted by Crippen LogP contribution is 2.17. The van der Waals surface area contributed by atoms with Crippen LogP contribution in [0.15, 0.2) is 47.3 Å². The Kier molecular flexibility index (Phi) is 4.54. The Bertz CT molecular complexity index is 972. The van der Waals surface area contributed by atoms with Crippen molar-refractivity contribution in [3.05, 3.63) is 69.6 Å². The summed E-state index contributed by atoms with van der Waals surface area (Å²) < 4.78 is 3.36. The molecule has 2 aromatic carbocycles. The van der Waals surface area contributed by atoms with Crippen LogP contribution in [-0.4, -0.2) is 14.8 Å².